The van der Waals surface area contributed by atoms with E-state index in [1.54, 1.807) is 17.9 Å². The maximum Gasteiger partial charge on any atom is 0.253 e. The largest absolute Gasteiger partial charge is 0.384 e. The van der Waals surface area contributed by atoms with Crippen LogP contribution < -0.4 is 10.6 Å². The van der Waals surface area contributed by atoms with Gasteiger partial charge in [0.15, 0.2) is 0 Å². The first-order valence-electron chi connectivity index (χ1n) is 8.33. The lowest BCUT2D eigenvalue weighted by Gasteiger charge is -2.18. The van der Waals surface area contributed by atoms with Crippen molar-refractivity contribution in [1.82, 2.24) is 24.7 Å². The van der Waals surface area contributed by atoms with Crippen molar-refractivity contribution in [2.75, 3.05) is 37.9 Å². The minimum atomic E-state index is 0.373. The molecular formula is C18H23N7O. The van der Waals surface area contributed by atoms with Crippen LogP contribution in [-0.4, -0.2) is 52.0 Å². The molecule has 3 rings (SSSR count). The van der Waals surface area contributed by atoms with Crippen molar-refractivity contribution in [3.05, 3.63) is 41.7 Å². The molecule has 136 valence electrons. The van der Waals surface area contributed by atoms with Gasteiger partial charge in [0.05, 0.1) is 23.7 Å². The van der Waals surface area contributed by atoms with Gasteiger partial charge < -0.3 is 15.4 Å². The zero-order valence-corrected chi connectivity index (χ0v) is 15.5. The van der Waals surface area contributed by atoms with Crippen LogP contribution in [0.2, 0.25) is 0 Å². The van der Waals surface area contributed by atoms with Gasteiger partial charge in [-0.05, 0) is 32.0 Å². The Morgan fingerprint density at radius 1 is 1.12 bits per heavy atom. The first-order chi connectivity index (χ1) is 12.5. The van der Waals surface area contributed by atoms with Gasteiger partial charge in [0, 0.05) is 32.5 Å². The van der Waals surface area contributed by atoms with Gasteiger partial charge in [-0.1, -0.05) is 6.07 Å². The summed E-state index contributed by atoms with van der Waals surface area (Å²) in [6, 6.07) is 9.49. The average molecular weight is 353 g/mol. The molecule has 0 saturated heterocycles. The Labute approximate surface area is 152 Å². The second kappa shape index (κ2) is 7.49. The Morgan fingerprint density at radius 3 is 2.62 bits per heavy atom. The van der Waals surface area contributed by atoms with Crippen LogP contribution in [0.1, 0.15) is 11.4 Å². The molecule has 8 nitrogen and oxygen atoms in total. The summed E-state index contributed by atoms with van der Waals surface area (Å²) < 4.78 is 6.81. The van der Waals surface area contributed by atoms with Gasteiger partial charge >= 0.3 is 0 Å². The summed E-state index contributed by atoms with van der Waals surface area (Å²) in [5, 5.41) is 4.43. The van der Waals surface area contributed by atoms with Crippen LogP contribution in [0.15, 0.2) is 30.3 Å². The fourth-order valence-corrected chi connectivity index (χ4v) is 2.63. The maximum absolute atomic E-state index is 6.01. The highest BCUT2D eigenvalue weighted by Crippen LogP contribution is 2.21. The first-order valence-corrected chi connectivity index (χ1v) is 8.33. The highest BCUT2D eigenvalue weighted by molar-refractivity contribution is 5.61. The Hall–Kier alpha value is -3.00. The third-order valence-electron chi connectivity index (χ3n) is 3.95. The predicted molar refractivity (Wildman–Crippen MR) is 101 cm³/mol. The molecule has 3 aromatic heterocycles. The van der Waals surface area contributed by atoms with Crippen molar-refractivity contribution in [2.24, 2.45) is 0 Å². The van der Waals surface area contributed by atoms with Gasteiger partial charge in [-0.25, -0.2) is 14.6 Å². The predicted octanol–water partition coefficient (Wildman–Crippen LogP) is 2.01. The second-order valence-corrected chi connectivity index (χ2v) is 6.11. The third-order valence-corrected chi connectivity index (χ3v) is 3.95. The molecule has 0 unspecified atom stereocenters. The van der Waals surface area contributed by atoms with E-state index in [-0.39, 0.29) is 0 Å². The summed E-state index contributed by atoms with van der Waals surface area (Å²) in [6.45, 7) is 5.26. The number of anilines is 2. The van der Waals surface area contributed by atoms with Crippen molar-refractivity contribution < 1.29 is 4.74 Å². The zero-order chi connectivity index (χ0) is 18.7. The van der Waals surface area contributed by atoms with E-state index < -0.39 is 0 Å². The lowest BCUT2D eigenvalue weighted by molar-refractivity contribution is 0.206. The highest BCUT2D eigenvalue weighted by atomic mass is 16.5. The molecule has 0 amide bonds. The number of ether oxygens (including phenoxy) is 1. The molecule has 2 N–H and O–H groups in total. The van der Waals surface area contributed by atoms with E-state index in [1.807, 2.05) is 50.1 Å². The molecule has 0 radical (unpaired) electrons. The molecular weight excluding hydrogens is 330 g/mol. The number of hydrogen-bond donors (Lipinski definition) is 1. The smallest absolute Gasteiger partial charge is 0.253 e. The van der Waals surface area contributed by atoms with Gasteiger partial charge in [0.2, 0.25) is 0 Å². The zero-order valence-electron chi connectivity index (χ0n) is 15.5. The number of nitrogens with two attached hydrogens (primary N) is 1. The molecule has 0 aromatic carbocycles. The van der Waals surface area contributed by atoms with Crippen LogP contribution in [0.4, 0.5) is 11.6 Å². The fraction of sp³-hybridized carbons (Fsp3) is 0.333. The van der Waals surface area contributed by atoms with E-state index in [9.17, 15) is 0 Å². The van der Waals surface area contributed by atoms with E-state index >= 15 is 0 Å². The van der Waals surface area contributed by atoms with E-state index in [1.165, 1.54) is 0 Å². The minimum Gasteiger partial charge on any atom is -0.384 e. The normalized spacial score (nSPS) is 10.9. The van der Waals surface area contributed by atoms with Gasteiger partial charge in [-0.3, -0.25) is 0 Å². The number of pyridine rings is 1. The van der Waals surface area contributed by atoms with E-state index in [4.69, 9.17) is 15.5 Å². The molecule has 0 atom stereocenters. The van der Waals surface area contributed by atoms with Crippen molar-refractivity contribution in [3.63, 3.8) is 0 Å². The number of hydrogen-bond acceptors (Lipinski definition) is 7. The molecule has 3 aromatic rings. The highest BCUT2D eigenvalue weighted by Gasteiger charge is 2.12. The van der Waals surface area contributed by atoms with Crippen LogP contribution in [-0.2, 0) is 4.74 Å². The van der Waals surface area contributed by atoms with E-state index in [2.05, 4.69) is 15.1 Å². The topological polar surface area (TPSA) is 95.0 Å². The van der Waals surface area contributed by atoms with Gasteiger partial charge in [-0.2, -0.15) is 10.1 Å². The molecule has 3 heterocycles. The van der Waals surface area contributed by atoms with E-state index in [0.717, 1.165) is 29.4 Å². The Bertz CT molecular complexity index is 906. The number of rotatable bonds is 6. The number of likely N-dealkylation sites (N-methyl/N-ethyl adjacent to an activating group) is 1. The molecule has 0 aliphatic carbocycles. The summed E-state index contributed by atoms with van der Waals surface area (Å²) in [4.78, 5) is 15.7. The van der Waals surface area contributed by atoms with Crippen LogP contribution in [0.25, 0.3) is 17.3 Å². The molecule has 0 saturated carbocycles. The van der Waals surface area contributed by atoms with Crippen molar-refractivity contribution in [2.45, 2.75) is 13.8 Å². The lowest BCUT2D eigenvalue weighted by atomic mass is 10.2. The van der Waals surface area contributed by atoms with Crippen LogP contribution >= 0.6 is 0 Å². The average Bonchev–Trinajstić information content (AvgIpc) is 2.97. The molecule has 0 aliphatic heterocycles. The van der Waals surface area contributed by atoms with Crippen LogP contribution in [0.3, 0.4) is 0 Å². The number of aromatic nitrogens is 5. The quantitative estimate of drug-likeness (QED) is 0.724. The van der Waals surface area contributed by atoms with Crippen LogP contribution in [0, 0.1) is 13.8 Å². The summed E-state index contributed by atoms with van der Waals surface area (Å²) in [5.74, 6) is 1.65. The van der Waals surface area contributed by atoms with Crippen LogP contribution in [0.5, 0.6) is 0 Å². The minimum absolute atomic E-state index is 0.373. The summed E-state index contributed by atoms with van der Waals surface area (Å²) in [7, 11) is 3.66. The molecule has 0 aliphatic rings. The van der Waals surface area contributed by atoms with Crippen molar-refractivity contribution in [1.29, 1.82) is 0 Å². The number of aryl methyl sites for hydroxylation is 2. The standard InChI is InChI=1S/C18H23N7O/c1-12-10-13(2)25(23-12)18-21-15(11-16(19)22-18)14-6-5-7-17(20-14)24(3)8-9-26-4/h5-7,10-11H,8-9H2,1-4H3,(H2,19,21,22). The van der Waals surface area contributed by atoms with Crippen molar-refractivity contribution in [3.8, 4) is 17.3 Å². The number of methoxy groups -OCH3 is 1. The summed E-state index contributed by atoms with van der Waals surface area (Å²) in [5.41, 5.74) is 9.23. The number of nitrogens with zero attached hydrogens (tertiary/aromatic N) is 6. The monoisotopic (exact) mass is 353 g/mol. The Morgan fingerprint density at radius 2 is 1.92 bits per heavy atom. The SMILES string of the molecule is COCCN(C)c1cccc(-c2cc(N)nc(-n3nc(C)cc3C)n2)n1. The van der Waals surface area contributed by atoms with Gasteiger partial charge in [0.1, 0.15) is 11.6 Å². The second-order valence-electron chi connectivity index (χ2n) is 6.11. The number of nitrogen functional groups attached to an aromatic ring is 1. The molecule has 0 bridgehead atoms. The molecule has 8 heteroatoms. The Kier molecular flexibility index (Phi) is 5.13. The Balaban J connectivity index is 1.98. The fourth-order valence-electron chi connectivity index (χ4n) is 2.63. The lowest BCUT2D eigenvalue weighted by Crippen LogP contribution is -2.23. The van der Waals surface area contributed by atoms with Gasteiger partial charge in [-0.15, -0.1) is 0 Å². The maximum atomic E-state index is 6.01. The molecule has 0 fully saturated rings. The molecule has 26 heavy (non-hydrogen) atoms. The molecule has 0 spiro atoms. The summed E-state index contributed by atoms with van der Waals surface area (Å²) in [6.07, 6.45) is 0. The first kappa shape index (κ1) is 17.8. The van der Waals surface area contributed by atoms with Gasteiger partial charge in [0.25, 0.3) is 5.95 Å². The van der Waals surface area contributed by atoms with E-state index in [0.29, 0.717) is 24.1 Å². The van der Waals surface area contributed by atoms with Crippen molar-refractivity contribution >= 4 is 11.6 Å². The summed E-state index contributed by atoms with van der Waals surface area (Å²) >= 11 is 0. The third kappa shape index (κ3) is 3.80.